The van der Waals surface area contributed by atoms with Crippen LogP contribution < -0.4 is 15.8 Å². The van der Waals surface area contributed by atoms with Crippen LogP contribution in [0.25, 0.3) is 0 Å². The van der Waals surface area contributed by atoms with E-state index in [1.54, 1.807) is 24.3 Å². The fraction of sp³-hybridized carbons (Fsp3) is 0.133. The van der Waals surface area contributed by atoms with E-state index in [0.29, 0.717) is 27.7 Å². The Morgan fingerprint density at radius 3 is 2.76 bits per heavy atom. The number of hydrogen-bond acceptors (Lipinski definition) is 3. The molecule has 0 saturated heterocycles. The number of amides is 1. The van der Waals surface area contributed by atoms with Gasteiger partial charge in [-0.2, -0.15) is 0 Å². The molecule has 110 valence electrons. The fourth-order valence-electron chi connectivity index (χ4n) is 1.89. The van der Waals surface area contributed by atoms with E-state index in [-0.39, 0.29) is 5.91 Å². The second kappa shape index (κ2) is 6.37. The van der Waals surface area contributed by atoms with Crippen LogP contribution >= 0.6 is 27.5 Å². The van der Waals surface area contributed by atoms with Crippen LogP contribution in [0.4, 0.5) is 11.4 Å². The largest absolute Gasteiger partial charge is 0.496 e. The van der Waals surface area contributed by atoms with Crippen molar-refractivity contribution in [1.29, 1.82) is 0 Å². The number of nitrogen functional groups attached to an aromatic ring is 1. The van der Waals surface area contributed by atoms with Crippen molar-refractivity contribution in [3.05, 3.63) is 51.0 Å². The highest BCUT2D eigenvalue weighted by atomic mass is 79.9. The molecule has 0 aromatic heterocycles. The molecule has 21 heavy (non-hydrogen) atoms. The zero-order valence-corrected chi connectivity index (χ0v) is 13.9. The predicted octanol–water partition coefficient (Wildman–Crippen LogP) is 4.25. The van der Waals surface area contributed by atoms with Crippen LogP contribution in [0.1, 0.15) is 15.9 Å². The average Bonchev–Trinajstić information content (AvgIpc) is 2.44. The second-order valence-corrected chi connectivity index (χ2v) is 5.72. The SMILES string of the molecule is COc1cccc(N)c1C(=O)Nc1cc(Cl)c(C)cc1Br. The van der Waals surface area contributed by atoms with Crippen LogP contribution in [0.5, 0.6) is 5.75 Å². The number of aryl methyl sites for hydroxylation is 1. The van der Waals surface area contributed by atoms with Crippen LogP contribution in [0.15, 0.2) is 34.8 Å². The molecule has 1 amide bonds. The van der Waals surface area contributed by atoms with Crippen molar-refractivity contribution in [3.63, 3.8) is 0 Å². The molecule has 2 rings (SSSR count). The van der Waals surface area contributed by atoms with Crippen molar-refractivity contribution in [2.45, 2.75) is 6.92 Å². The standard InChI is InChI=1S/C15H14BrClN2O2/c1-8-6-9(16)12(7-10(8)17)19-15(20)14-11(18)4-3-5-13(14)21-2/h3-7H,18H2,1-2H3,(H,19,20). The quantitative estimate of drug-likeness (QED) is 0.795. The molecule has 0 radical (unpaired) electrons. The lowest BCUT2D eigenvalue weighted by Gasteiger charge is -2.13. The van der Waals surface area contributed by atoms with Gasteiger partial charge >= 0.3 is 0 Å². The lowest BCUT2D eigenvalue weighted by atomic mass is 10.1. The highest BCUT2D eigenvalue weighted by Crippen LogP contribution is 2.31. The van der Waals surface area contributed by atoms with E-state index in [1.807, 2.05) is 13.0 Å². The minimum Gasteiger partial charge on any atom is -0.496 e. The molecule has 0 saturated carbocycles. The Labute approximate surface area is 136 Å². The van der Waals surface area contributed by atoms with E-state index < -0.39 is 0 Å². The maximum absolute atomic E-state index is 12.4. The van der Waals surface area contributed by atoms with Gasteiger partial charge in [0.2, 0.25) is 0 Å². The molecule has 2 aromatic rings. The molecule has 0 spiro atoms. The molecule has 0 aliphatic heterocycles. The molecule has 6 heteroatoms. The Balaban J connectivity index is 2.37. The van der Waals surface area contributed by atoms with Gasteiger partial charge in [-0.1, -0.05) is 17.7 Å². The molecular formula is C15H14BrClN2O2. The van der Waals surface area contributed by atoms with E-state index in [9.17, 15) is 4.79 Å². The van der Waals surface area contributed by atoms with Crippen LogP contribution in [0.2, 0.25) is 5.02 Å². The Bertz CT molecular complexity index is 704. The number of methoxy groups -OCH3 is 1. The number of carbonyl (C=O) groups is 1. The molecule has 0 atom stereocenters. The van der Waals surface area contributed by atoms with Gasteiger partial charge in [0.1, 0.15) is 11.3 Å². The third kappa shape index (κ3) is 3.31. The highest BCUT2D eigenvalue weighted by molar-refractivity contribution is 9.10. The Kier molecular flexibility index (Phi) is 4.75. The first-order valence-corrected chi connectivity index (χ1v) is 7.30. The van der Waals surface area contributed by atoms with E-state index in [4.69, 9.17) is 22.1 Å². The number of nitrogens with two attached hydrogens (primary N) is 1. The normalized spacial score (nSPS) is 10.3. The highest BCUT2D eigenvalue weighted by Gasteiger charge is 2.17. The van der Waals surface area contributed by atoms with Crippen molar-refractivity contribution in [2.75, 3.05) is 18.2 Å². The van der Waals surface area contributed by atoms with E-state index in [2.05, 4.69) is 21.2 Å². The smallest absolute Gasteiger partial charge is 0.261 e. The van der Waals surface area contributed by atoms with Gasteiger partial charge in [-0.15, -0.1) is 0 Å². The minimum atomic E-state index is -0.356. The summed E-state index contributed by atoms with van der Waals surface area (Å²) in [6.45, 7) is 1.89. The Hall–Kier alpha value is -1.72. The monoisotopic (exact) mass is 368 g/mol. The number of rotatable bonds is 3. The molecule has 0 aliphatic rings. The lowest BCUT2D eigenvalue weighted by Crippen LogP contribution is -2.15. The third-order valence-electron chi connectivity index (χ3n) is 3.00. The number of halogens is 2. The molecule has 0 heterocycles. The van der Waals surface area contributed by atoms with Crippen LogP contribution in [0, 0.1) is 6.92 Å². The number of anilines is 2. The summed E-state index contributed by atoms with van der Waals surface area (Å²) >= 11 is 9.48. The van der Waals surface area contributed by atoms with Crippen molar-refractivity contribution < 1.29 is 9.53 Å². The first-order valence-electron chi connectivity index (χ1n) is 6.13. The number of nitrogens with one attached hydrogen (secondary N) is 1. The summed E-state index contributed by atoms with van der Waals surface area (Å²) in [5, 5.41) is 3.35. The Morgan fingerprint density at radius 1 is 1.38 bits per heavy atom. The van der Waals surface area contributed by atoms with Gasteiger partial charge in [0.15, 0.2) is 0 Å². The number of ether oxygens (including phenoxy) is 1. The summed E-state index contributed by atoms with van der Waals surface area (Å²) in [4.78, 5) is 12.4. The molecule has 3 N–H and O–H groups in total. The van der Waals surface area contributed by atoms with Crippen molar-refractivity contribution in [1.82, 2.24) is 0 Å². The number of carbonyl (C=O) groups excluding carboxylic acids is 1. The summed E-state index contributed by atoms with van der Waals surface area (Å²) < 4.78 is 5.92. The van der Waals surface area contributed by atoms with Crippen LogP contribution in [-0.2, 0) is 0 Å². The molecule has 0 bridgehead atoms. The van der Waals surface area contributed by atoms with E-state index in [0.717, 1.165) is 10.0 Å². The first-order chi connectivity index (χ1) is 9.93. The second-order valence-electron chi connectivity index (χ2n) is 4.46. The average molecular weight is 370 g/mol. The maximum atomic E-state index is 12.4. The topological polar surface area (TPSA) is 64.3 Å². The van der Waals surface area contributed by atoms with Crippen molar-refractivity contribution >= 4 is 44.8 Å². The molecule has 0 unspecified atom stereocenters. The van der Waals surface area contributed by atoms with E-state index in [1.165, 1.54) is 7.11 Å². The summed E-state index contributed by atoms with van der Waals surface area (Å²) in [5.74, 6) is 0.0624. The van der Waals surface area contributed by atoms with Gasteiger partial charge in [0, 0.05) is 15.2 Å². The van der Waals surface area contributed by atoms with Gasteiger partial charge in [0.05, 0.1) is 12.8 Å². The summed E-state index contributed by atoms with van der Waals surface area (Å²) in [6, 6.07) is 8.58. The van der Waals surface area contributed by atoms with Gasteiger partial charge < -0.3 is 15.8 Å². The maximum Gasteiger partial charge on any atom is 0.261 e. The van der Waals surface area contributed by atoms with Gasteiger partial charge in [-0.25, -0.2) is 0 Å². The molecule has 2 aromatic carbocycles. The Morgan fingerprint density at radius 2 is 2.10 bits per heavy atom. The first kappa shape index (κ1) is 15.7. The minimum absolute atomic E-state index is 0.295. The number of benzene rings is 2. The van der Waals surface area contributed by atoms with Crippen molar-refractivity contribution in [3.8, 4) is 5.75 Å². The van der Waals surface area contributed by atoms with Crippen molar-refractivity contribution in [2.24, 2.45) is 0 Å². The molecule has 0 aliphatic carbocycles. The van der Waals surface area contributed by atoms with E-state index >= 15 is 0 Å². The van der Waals surface area contributed by atoms with Gasteiger partial charge in [-0.3, -0.25) is 4.79 Å². The molecule has 0 fully saturated rings. The summed E-state index contributed by atoms with van der Waals surface area (Å²) in [7, 11) is 1.49. The zero-order chi connectivity index (χ0) is 15.6. The van der Waals surface area contributed by atoms with Crippen LogP contribution in [-0.4, -0.2) is 13.0 Å². The molecule has 4 nitrogen and oxygen atoms in total. The summed E-state index contributed by atoms with van der Waals surface area (Å²) in [5.41, 5.74) is 7.99. The van der Waals surface area contributed by atoms with Gasteiger partial charge in [-0.05, 0) is 52.7 Å². The zero-order valence-electron chi connectivity index (χ0n) is 11.5. The lowest BCUT2D eigenvalue weighted by molar-refractivity contribution is 0.102. The fourth-order valence-corrected chi connectivity index (χ4v) is 2.61. The number of hydrogen-bond donors (Lipinski definition) is 2. The summed E-state index contributed by atoms with van der Waals surface area (Å²) in [6.07, 6.45) is 0. The third-order valence-corrected chi connectivity index (χ3v) is 4.07. The van der Waals surface area contributed by atoms with Gasteiger partial charge in [0.25, 0.3) is 5.91 Å². The van der Waals surface area contributed by atoms with Crippen LogP contribution in [0.3, 0.4) is 0 Å². The molecular weight excluding hydrogens is 356 g/mol. The predicted molar refractivity (Wildman–Crippen MR) is 89.2 cm³/mol.